The van der Waals surface area contributed by atoms with E-state index in [1.807, 2.05) is 0 Å². The van der Waals surface area contributed by atoms with Gasteiger partial charge in [0.1, 0.15) is 6.07 Å². The summed E-state index contributed by atoms with van der Waals surface area (Å²) in [6.45, 7) is 5.41. The summed E-state index contributed by atoms with van der Waals surface area (Å²) in [5.41, 5.74) is 1.99. The van der Waals surface area contributed by atoms with E-state index in [9.17, 15) is 5.26 Å². The maximum Gasteiger partial charge on any atom is 0.103 e. The van der Waals surface area contributed by atoms with Crippen LogP contribution in [-0.4, -0.2) is 31.4 Å². The van der Waals surface area contributed by atoms with E-state index in [1.54, 1.807) is 11.8 Å². The third-order valence-electron chi connectivity index (χ3n) is 4.36. The first-order chi connectivity index (χ1) is 9.83. The van der Waals surface area contributed by atoms with Crippen LogP contribution in [0.2, 0.25) is 0 Å². The minimum atomic E-state index is 0.609. The maximum absolute atomic E-state index is 9.54. The second-order valence-corrected chi connectivity index (χ2v) is 6.87. The van der Waals surface area contributed by atoms with Crippen LogP contribution in [0.1, 0.15) is 25.3 Å². The van der Waals surface area contributed by atoms with E-state index in [1.165, 1.54) is 12.8 Å². The number of anilines is 1. The van der Waals surface area contributed by atoms with Crippen molar-refractivity contribution in [2.24, 2.45) is 5.92 Å². The average Bonchev–Trinajstić information content (AvgIpc) is 2.91. The molecular formula is C16H21N3S. The Morgan fingerprint density at radius 2 is 2.35 bits per heavy atom. The van der Waals surface area contributed by atoms with Crippen molar-refractivity contribution in [2.75, 3.05) is 30.3 Å². The Labute approximate surface area is 125 Å². The Hall–Kier alpha value is -1.18. The molecular weight excluding hydrogens is 266 g/mol. The summed E-state index contributed by atoms with van der Waals surface area (Å²) in [6, 6.07) is 9.29. The number of fused-ring (bicyclic) bond motifs is 1. The second kappa shape index (κ2) is 6.07. The average molecular weight is 287 g/mol. The third kappa shape index (κ3) is 2.53. The summed E-state index contributed by atoms with van der Waals surface area (Å²) < 4.78 is 0. The van der Waals surface area contributed by atoms with Gasteiger partial charge in [-0.15, -0.1) is 11.8 Å². The van der Waals surface area contributed by atoms with Crippen molar-refractivity contribution in [2.45, 2.75) is 30.7 Å². The zero-order valence-electron chi connectivity index (χ0n) is 11.9. The molecule has 2 aliphatic heterocycles. The number of rotatable bonds is 3. The molecule has 0 amide bonds. The Morgan fingerprint density at radius 3 is 3.10 bits per heavy atom. The van der Waals surface area contributed by atoms with Crippen LogP contribution in [0.4, 0.5) is 5.69 Å². The SMILES string of the molecule is CCSc1cccc(N2CC3CCCNC3C2)c1C#N. The lowest BCUT2D eigenvalue weighted by atomic mass is 9.94. The summed E-state index contributed by atoms with van der Waals surface area (Å²) in [5, 5.41) is 13.2. The predicted molar refractivity (Wildman–Crippen MR) is 84.3 cm³/mol. The van der Waals surface area contributed by atoms with Gasteiger partial charge in [0.2, 0.25) is 0 Å². The van der Waals surface area contributed by atoms with Gasteiger partial charge in [0.15, 0.2) is 0 Å². The monoisotopic (exact) mass is 287 g/mol. The van der Waals surface area contributed by atoms with Crippen LogP contribution in [0.15, 0.2) is 23.1 Å². The first-order valence-electron chi connectivity index (χ1n) is 7.47. The van der Waals surface area contributed by atoms with Crippen molar-refractivity contribution in [3.63, 3.8) is 0 Å². The minimum absolute atomic E-state index is 0.609. The van der Waals surface area contributed by atoms with Crippen LogP contribution in [-0.2, 0) is 0 Å². The highest BCUT2D eigenvalue weighted by molar-refractivity contribution is 7.99. The van der Waals surface area contributed by atoms with E-state index in [0.29, 0.717) is 6.04 Å². The maximum atomic E-state index is 9.54. The number of hydrogen-bond donors (Lipinski definition) is 1. The number of nitrogens with zero attached hydrogens (tertiary/aromatic N) is 2. The molecule has 2 atom stereocenters. The lowest BCUT2D eigenvalue weighted by molar-refractivity contribution is 0.340. The van der Waals surface area contributed by atoms with Gasteiger partial charge in [-0.05, 0) is 43.2 Å². The van der Waals surface area contributed by atoms with E-state index < -0.39 is 0 Å². The molecule has 20 heavy (non-hydrogen) atoms. The molecule has 1 aromatic rings. The van der Waals surface area contributed by atoms with Crippen LogP contribution in [0.3, 0.4) is 0 Å². The van der Waals surface area contributed by atoms with Gasteiger partial charge in [-0.3, -0.25) is 0 Å². The van der Waals surface area contributed by atoms with Gasteiger partial charge in [-0.25, -0.2) is 0 Å². The molecule has 0 saturated carbocycles. The van der Waals surface area contributed by atoms with Crippen molar-refractivity contribution in [3.8, 4) is 6.07 Å². The summed E-state index contributed by atoms with van der Waals surface area (Å²) in [5.74, 6) is 1.75. The molecule has 2 fully saturated rings. The number of benzene rings is 1. The first-order valence-corrected chi connectivity index (χ1v) is 8.46. The number of nitriles is 1. The number of nitrogens with one attached hydrogen (secondary N) is 1. The molecule has 4 heteroatoms. The smallest absolute Gasteiger partial charge is 0.103 e. The van der Waals surface area contributed by atoms with Gasteiger partial charge < -0.3 is 10.2 Å². The fourth-order valence-corrected chi connectivity index (χ4v) is 4.20. The zero-order valence-corrected chi connectivity index (χ0v) is 12.7. The van der Waals surface area contributed by atoms with Gasteiger partial charge in [0.25, 0.3) is 0 Å². The lowest BCUT2D eigenvalue weighted by Crippen LogP contribution is -2.40. The van der Waals surface area contributed by atoms with Gasteiger partial charge in [-0.2, -0.15) is 5.26 Å². The molecule has 2 unspecified atom stereocenters. The quantitative estimate of drug-likeness (QED) is 0.868. The van der Waals surface area contributed by atoms with Crippen molar-refractivity contribution >= 4 is 17.4 Å². The second-order valence-electron chi connectivity index (χ2n) is 5.56. The molecule has 0 bridgehead atoms. The van der Waals surface area contributed by atoms with Crippen LogP contribution in [0.25, 0.3) is 0 Å². The molecule has 2 aliphatic rings. The zero-order chi connectivity index (χ0) is 13.9. The number of thioether (sulfide) groups is 1. The summed E-state index contributed by atoms with van der Waals surface area (Å²) in [6.07, 6.45) is 2.60. The fraction of sp³-hybridized carbons (Fsp3) is 0.562. The van der Waals surface area contributed by atoms with Crippen LogP contribution in [0, 0.1) is 17.2 Å². The Kier molecular flexibility index (Phi) is 4.18. The Balaban J connectivity index is 1.87. The first kappa shape index (κ1) is 13.8. The van der Waals surface area contributed by atoms with Crippen molar-refractivity contribution in [1.29, 1.82) is 5.26 Å². The molecule has 2 saturated heterocycles. The topological polar surface area (TPSA) is 39.1 Å². The Bertz CT molecular complexity index is 509. The fourth-order valence-electron chi connectivity index (χ4n) is 3.41. The van der Waals surface area contributed by atoms with Crippen LogP contribution >= 0.6 is 11.8 Å². The summed E-state index contributed by atoms with van der Waals surface area (Å²) in [7, 11) is 0. The standard InChI is InChI=1S/C16H21N3S/c1-2-20-16-7-3-6-15(13(16)9-17)19-10-12-5-4-8-18-14(12)11-19/h3,6-7,12,14,18H,2,4-5,8,10-11H2,1H3. The highest BCUT2D eigenvalue weighted by atomic mass is 32.2. The third-order valence-corrected chi connectivity index (χ3v) is 5.30. The van der Waals surface area contributed by atoms with Crippen molar-refractivity contribution in [1.82, 2.24) is 5.32 Å². The van der Waals surface area contributed by atoms with E-state index in [0.717, 1.165) is 47.5 Å². The minimum Gasteiger partial charge on any atom is -0.369 e. The molecule has 1 aromatic carbocycles. The van der Waals surface area contributed by atoms with Gasteiger partial charge in [-0.1, -0.05) is 13.0 Å². The molecule has 0 spiro atoms. The molecule has 3 nitrogen and oxygen atoms in total. The molecule has 3 rings (SSSR count). The number of hydrogen-bond acceptors (Lipinski definition) is 4. The highest BCUT2D eigenvalue weighted by Gasteiger charge is 2.35. The Morgan fingerprint density at radius 1 is 1.45 bits per heavy atom. The van der Waals surface area contributed by atoms with Gasteiger partial charge in [0, 0.05) is 24.0 Å². The molecule has 0 radical (unpaired) electrons. The van der Waals surface area contributed by atoms with Crippen molar-refractivity contribution < 1.29 is 0 Å². The van der Waals surface area contributed by atoms with E-state index in [4.69, 9.17) is 0 Å². The molecule has 2 heterocycles. The lowest BCUT2D eigenvalue weighted by Gasteiger charge is -2.24. The van der Waals surface area contributed by atoms with Crippen LogP contribution < -0.4 is 10.2 Å². The van der Waals surface area contributed by atoms with Gasteiger partial charge in [0.05, 0.1) is 11.3 Å². The summed E-state index contributed by atoms with van der Waals surface area (Å²) >= 11 is 1.76. The largest absolute Gasteiger partial charge is 0.369 e. The summed E-state index contributed by atoms with van der Waals surface area (Å²) in [4.78, 5) is 3.53. The number of piperidine rings is 1. The molecule has 0 aliphatic carbocycles. The normalized spacial score (nSPS) is 25.3. The van der Waals surface area contributed by atoms with Crippen molar-refractivity contribution in [3.05, 3.63) is 23.8 Å². The van der Waals surface area contributed by atoms with E-state index >= 15 is 0 Å². The van der Waals surface area contributed by atoms with Crippen LogP contribution in [0.5, 0.6) is 0 Å². The molecule has 1 N–H and O–H groups in total. The molecule has 0 aromatic heterocycles. The predicted octanol–water partition coefficient (Wildman–Crippen LogP) is 2.86. The van der Waals surface area contributed by atoms with E-state index in [2.05, 4.69) is 41.4 Å². The van der Waals surface area contributed by atoms with Gasteiger partial charge >= 0.3 is 0 Å². The molecule has 106 valence electrons. The highest BCUT2D eigenvalue weighted by Crippen LogP contribution is 2.34. The van der Waals surface area contributed by atoms with E-state index in [-0.39, 0.29) is 0 Å².